The molecule has 1 atom stereocenters. The lowest BCUT2D eigenvalue weighted by atomic mass is 9.95. The van der Waals surface area contributed by atoms with Crippen molar-refractivity contribution in [3.8, 4) is 17.2 Å². The minimum absolute atomic E-state index is 0.0808. The van der Waals surface area contributed by atoms with Gasteiger partial charge in [-0.15, -0.1) is 0 Å². The van der Waals surface area contributed by atoms with Gasteiger partial charge in [-0.2, -0.15) is 0 Å². The predicted octanol–water partition coefficient (Wildman–Crippen LogP) is 4.70. The Labute approximate surface area is 264 Å². The van der Waals surface area contributed by atoms with Crippen LogP contribution in [0.4, 0.5) is 0 Å². The Bertz CT molecular complexity index is 2030. The van der Waals surface area contributed by atoms with Gasteiger partial charge in [-0.3, -0.25) is 9.36 Å². The van der Waals surface area contributed by atoms with Crippen LogP contribution in [0.25, 0.3) is 11.8 Å². The zero-order valence-electron chi connectivity index (χ0n) is 26.2. The number of hydrogen-bond donors (Lipinski definition) is 1. The fourth-order valence-electron chi connectivity index (χ4n) is 5.56. The van der Waals surface area contributed by atoms with Crippen molar-refractivity contribution in [3.63, 3.8) is 0 Å². The molecule has 0 bridgehead atoms. The lowest BCUT2D eigenvalue weighted by Crippen LogP contribution is -2.40. The van der Waals surface area contributed by atoms with Gasteiger partial charge in [-0.05, 0) is 95.1 Å². The van der Waals surface area contributed by atoms with E-state index < -0.39 is 18.0 Å². The Balaban J connectivity index is 1.68. The van der Waals surface area contributed by atoms with Gasteiger partial charge < -0.3 is 23.9 Å². The first-order valence-corrected chi connectivity index (χ1v) is 15.3. The standard InChI is InChI=1S/C34H35N3O7S/c1-8-43-33(41)29-20(5)35-34-37(30(29)22-12-13-26(44-18(2)3)27(16-22)42-7)31(38)28(45-34)17-24-14-19(4)36(21(24)6)25-11-9-10-23(15-25)32(39)40/h9-18,30H,8H2,1-7H3,(H,39,40)/b28-17-/t30-/m1/s1. The van der Waals surface area contributed by atoms with Crippen LogP contribution >= 0.6 is 11.3 Å². The molecule has 0 radical (unpaired) electrons. The smallest absolute Gasteiger partial charge is 0.338 e. The van der Waals surface area contributed by atoms with Crippen molar-refractivity contribution in [1.29, 1.82) is 0 Å². The molecule has 2 aromatic carbocycles. The molecule has 0 saturated heterocycles. The summed E-state index contributed by atoms with van der Waals surface area (Å²) in [6.45, 7) is 11.3. The quantitative estimate of drug-likeness (QED) is 0.267. The largest absolute Gasteiger partial charge is 0.493 e. The maximum Gasteiger partial charge on any atom is 0.338 e. The van der Waals surface area contributed by atoms with Crippen molar-refractivity contribution in [2.24, 2.45) is 4.99 Å². The summed E-state index contributed by atoms with van der Waals surface area (Å²) in [4.78, 5) is 44.2. The number of carboxylic acid groups (broad SMARTS) is 1. The van der Waals surface area contributed by atoms with Crippen molar-refractivity contribution in [1.82, 2.24) is 9.13 Å². The van der Waals surface area contributed by atoms with Crippen LogP contribution in [-0.2, 0) is 9.53 Å². The highest BCUT2D eigenvalue weighted by molar-refractivity contribution is 7.07. The van der Waals surface area contributed by atoms with Crippen molar-refractivity contribution in [2.75, 3.05) is 13.7 Å². The van der Waals surface area contributed by atoms with Crippen molar-refractivity contribution >= 4 is 29.4 Å². The lowest BCUT2D eigenvalue weighted by molar-refractivity contribution is -0.139. The molecular formula is C34H35N3O7S. The van der Waals surface area contributed by atoms with Crippen LogP contribution in [0.5, 0.6) is 11.5 Å². The average molecular weight is 630 g/mol. The van der Waals surface area contributed by atoms with Crippen LogP contribution < -0.4 is 24.4 Å². The monoisotopic (exact) mass is 629 g/mol. The fourth-order valence-corrected chi connectivity index (χ4v) is 6.60. The van der Waals surface area contributed by atoms with E-state index in [4.69, 9.17) is 14.2 Å². The van der Waals surface area contributed by atoms with Gasteiger partial charge in [0.15, 0.2) is 16.3 Å². The van der Waals surface area contributed by atoms with Gasteiger partial charge in [0, 0.05) is 17.1 Å². The Morgan fingerprint density at radius 2 is 1.84 bits per heavy atom. The van der Waals surface area contributed by atoms with E-state index in [2.05, 4.69) is 4.99 Å². The number of carboxylic acids is 1. The Kier molecular flexibility index (Phi) is 8.83. The molecule has 234 valence electrons. The number of methoxy groups -OCH3 is 1. The molecule has 0 unspecified atom stereocenters. The Morgan fingerprint density at radius 1 is 1.09 bits per heavy atom. The van der Waals surface area contributed by atoms with Crippen molar-refractivity contribution < 1.29 is 28.9 Å². The molecular weight excluding hydrogens is 594 g/mol. The zero-order valence-corrected chi connectivity index (χ0v) is 27.0. The summed E-state index contributed by atoms with van der Waals surface area (Å²) >= 11 is 1.23. The van der Waals surface area contributed by atoms with Crippen molar-refractivity contribution in [3.05, 3.63) is 108 Å². The van der Waals surface area contributed by atoms with E-state index in [1.54, 1.807) is 51.3 Å². The van der Waals surface area contributed by atoms with Gasteiger partial charge in [0.05, 0.1) is 47.2 Å². The number of allylic oxidation sites excluding steroid dienone is 1. The van der Waals surface area contributed by atoms with E-state index in [1.165, 1.54) is 15.9 Å². The van der Waals surface area contributed by atoms with Gasteiger partial charge >= 0.3 is 11.9 Å². The number of aromatic carboxylic acids is 1. The fraction of sp³-hybridized carbons (Fsp3) is 0.294. The van der Waals surface area contributed by atoms with Crippen LogP contribution in [0.1, 0.15) is 66.6 Å². The zero-order chi connectivity index (χ0) is 32.6. The number of ether oxygens (including phenoxy) is 3. The highest BCUT2D eigenvalue weighted by atomic mass is 32.1. The molecule has 2 aromatic heterocycles. The molecule has 0 fully saturated rings. The maximum atomic E-state index is 14.2. The molecule has 0 amide bonds. The third-order valence-corrected chi connectivity index (χ3v) is 8.47. The molecule has 4 aromatic rings. The third-order valence-electron chi connectivity index (χ3n) is 7.49. The first-order valence-electron chi connectivity index (χ1n) is 14.5. The first kappa shape index (κ1) is 31.5. The minimum Gasteiger partial charge on any atom is -0.493 e. The van der Waals surface area contributed by atoms with Crippen LogP contribution in [0.3, 0.4) is 0 Å². The molecule has 1 aliphatic heterocycles. The molecule has 0 spiro atoms. The maximum absolute atomic E-state index is 14.2. The van der Waals surface area contributed by atoms with Crippen LogP contribution in [0.15, 0.2) is 69.6 Å². The van der Waals surface area contributed by atoms with Gasteiger partial charge in [0.25, 0.3) is 5.56 Å². The number of carbonyl (C=O) groups excluding carboxylic acids is 1. The molecule has 1 N–H and O–H groups in total. The molecule has 1 aliphatic rings. The molecule has 0 saturated carbocycles. The van der Waals surface area contributed by atoms with E-state index in [0.29, 0.717) is 37.8 Å². The van der Waals surface area contributed by atoms with E-state index >= 15 is 0 Å². The number of benzene rings is 2. The Morgan fingerprint density at radius 3 is 2.51 bits per heavy atom. The van der Waals surface area contributed by atoms with Gasteiger partial charge in [-0.1, -0.05) is 23.5 Å². The van der Waals surface area contributed by atoms with E-state index in [1.807, 2.05) is 56.5 Å². The van der Waals surface area contributed by atoms with Gasteiger partial charge in [0.1, 0.15) is 0 Å². The molecule has 3 heterocycles. The SMILES string of the molecule is CCOC(=O)C1=C(C)N=c2s/c(=C\c3cc(C)n(-c4cccc(C(=O)O)c4)c3C)c(=O)n2[C@@H]1c1ccc(OC(C)C)c(OC)c1. The van der Waals surface area contributed by atoms with E-state index in [-0.39, 0.29) is 29.4 Å². The number of fused-ring (bicyclic) bond motifs is 1. The number of hydrogen-bond acceptors (Lipinski definition) is 8. The lowest BCUT2D eigenvalue weighted by Gasteiger charge is -2.25. The highest BCUT2D eigenvalue weighted by Gasteiger charge is 2.34. The molecule has 45 heavy (non-hydrogen) atoms. The molecule has 10 nitrogen and oxygen atoms in total. The summed E-state index contributed by atoms with van der Waals surface area (Å²) < 4.78 is 20.9. The number of esters is 1. The topological polar surface area (TPSA) is 121 Å². The first-order chi connectivity index (χ1) is 21.4. The number of nitrogens with zero attached hydrogens (tertiary/aromatic N) is 3. The Hall–Kier alpha value is -4.90. The summed E-state index contributed by atoms with van der Waals surface area (Å²) in [6, 6.07) is 13.2. The summed E-state index contributed by atoms with van der Waals surface area (Å²) in [7, 11) is 1.54. The van der Waals surface area contributed by atoms with E-state index in [0.717, 1.165) is 17.0 Å². The van der Waals surface area contributed by atoms with Gasteiger partial charge in [-0.25, -0.2) is 14.6 Å². The second-order valence-electron chi connectivity index (χ2n) is 10.9. The number of carbonyl (C=O) groups is 2. The number of aromatic nitrogens is 2. The summed E-state index contributed by atoms with van der Waals surface area (Å²) in [6.07, 6.45) is 1.73. The summed E-state index contributed by atoms with van der Waals surface area (Å²) in [5, 5.41) is 9.48. The highest BCUT2D eigenvalue weighted by Crippen LogP contribution is 2.36. The second-order valence-corrected chi connectivity index (χ2v) is 11.9. The van der Waals surface area contributed by atoms with Crippen LogP contribution in [0, 0.1) is 13.8 Å². The average Bonchev–Trinajstić information content (AvgIpc) is 3.45. The molecule has 0 aliphatic carbocycles. The molecule has 5 rings (SSSR count). The number of rotatable bonds is 9. The minimum atomic E-state index is -1.01. The third kappa shape index (κ3) is 5.95. The normalized spacial score (nSPS) is 14.8. The number of thiazole rings is 1. The van der Waals surface area contributed by atoms with Gasteiger partial charge in [0.2, 0.25) is 0 Å². The summed E-state index contributed by atoms with van der Waals surface area (Å²) in [5.74, 6) is -0.536. The van der Waals surface area contributed by atoms with Crippen molar-refractivity contribution in [2.45, 2.75) is 53.7 Å². The van der Waals surface area contributed by atoms with Crippen LogP contribution in [0.2, 0.25) is 0 Å². The predicted molar refractivity (Wildman–Crippen MR) is 171 cm³/mol. The van der Waals surface area contributed by atoms with E-state index in [9.17, 15) is 19.5 Å². The summed E-state index contributed by atoms with van der Waals surface area (Å²) in [5.41, 5.74) is 4.48. The molecule has 11 heteroatoms. The second kappa shape index (κ2) is 12.6. The number of aryl methyl sites for hydroxylation is 1. The van der Waals surface area contributed by atoms with Crippen LogP contribution in [-0.4, -0.2) is 46.0 Å².